The number of carboxylic acid groups (broad SMARTS) is 1. The van der Waals surface area contributed by atoms with Gasteiger partial charge in [-0.2, -0.15) is 0 Å². The molecular formula is C17H21NO2. The lowest BCUT2D eigenvalue weighted by atomic mass is 10.0. The van der Waals surface area contributed by atoms with Gasteiger partial charge in [-0.15, -0.1) is 0 Å². The smallest absolute Gasteiger partial charge is 0.306 e. The Morgan fingerprint density at radius 3 is 2.80 bits per heavy atom. The summed E-state index contributed by atoms with van der Waals surface area (Å²) in [4.78, 5) is 10.9. The van der Waals surface area contributed by atoms with Gasteiger partial charge in [0.1, 0.15) is 0 Å². The molecule has 1 aliphatic carbocycles. The van der Waals surface area contributed by atoms with E-state index < -0.39 is 5.97 Å². The van der Waals surface area contributed by atoms with E-state index >= 15 is 0 Å². The van der Waals surface area contributed by atoms with Crippen molar-refractivity contribution in [2.45, 2.75) is 45.1 Å². The second kappa shape index (κ2) is 5.31. The van der Waals surface area contributed by atoms with E-state index in [-0.39, 0.29) is 5.92 Å². The number of hydrogen-bond acceptors (Lipinski definition) is 1. The Kier molecular flexibility index (Phi) is 3.51. The topological polar surface area (TPSA) is 42.2 Å². The molecule has 1 aromatic carbocycles. The minimum Gasteiger partial charge on any atom is -0.481 e. The van der Waals surface area contributed by atoms with E-state index in [1.54, 1.807) is 6.92 Å². The Hall–Kier alpha value is -1.77. The predicted molar refractivity (Wildman–Crippen MR) is 79.9 cm³/mol. The Labute approximate surface area is 119 Å². The molecule has 1 atom stereocenters. The van der Waals surface area contributed by atoms with Gasteiger partial charge >= 0.3 is 5.97 Å². The third kappa shape index (κ3) is 2.45. The number of benzene rings is 1. The third-order valence-electron chi connectivity index (χ3n) is 4.47. The lowest BCUT2D eigenvalue weighted by molar-refractivity contribution is -0.141. The zero-order valence-electron chi connectivity index (χ0n) is 11.9. The van der Waals surface area contributed by atoms with Crippen LogP contribution in [0, 0.1) is 5.92 Å². The Balaban J connectivity index is 1.87. The summed E-state index contributed by atoms with van der Waals surface area (Å²) in [7, 11) is 0. The molecule has 1 aliphatic rings. The van der Waals surface area contributed by atoms with Crippen molar-refractivity contribution < 1.29 is 9.90 Å². The van der Waals surface area contributed by atoms with Crippen molar-refractivity contribution in [2.24, 2.45) is 5.92 Å². The van der Waals surface area contributed by atoms with E-state index in [1.807, 2.05) is 0 Å². The first-order valence-electron chi connectivity index (χ1n) is 7.47. The molecular weight excluding hydrogens is 250 g/mol. The molecule has 3 rings (SSSR count). The summed E-state index contributed by atoms with van der Waals surface area (Å²) in [5.74, 6) is -1.06. The Morgan fingerprint density at radius 1 is 1.35 bits per heavy atom. The van der Waals surface area contributed by atoms with Crippen LogP contribution in [-0.2, 0) is 11.2 Å². The molecule has 0 aliphatic heterocycles. The summed E-state index contributed by atoms with van der Waals surface area (Å²) in [5, 5.41) is 10.2. The zero-order chi connectivity index (χ0) is 14.1. The molecule has 3 nitrogen and oxygen atoms in total. The first kappa shape index (κ1) is 13.2. The highest BCUT2D eigenvalue weighted by molar-refractivity contribution is 5.81. The van der Waals surface area contributed by atoms with Crippen LogP contribution < -0.4 is 0 Å². The fraction of sp³-hybridized carbons (Fsp3) is 0.471. The van der Waals surface area contributed by atoms with Crippen molar-refractivity contribution in [1.29, 1.82) is 0 Å². The number of nitrogens with zero attached hydrogens (tertiary/aromatic N) is 1. The van der Waals surface area contributed by atoms with Crippen LogP contribution >= 0.6 is 0 Å². The molecule has 0 bridgehead atoms. The summed E-state index contributed by atoms with van der Waals surface area (Å²) in [5.41, 5.74) is 2.39. The maximum absolute atomic E-state index is 10.9. The quantitative estimate of drug-likeness (QED) is 0.912. The van der Waals surface area contributed by atoms with Gasteiger partial charge in [0, 0.05) is 17.8 Å². The van der Waals surface area contributed by atoms with Gasteiger partial charge in [-0.05, 0) is 48.4 Å². The second-order valence-corrected chi connectivity index (χ2v) is 6.00. The molecule has 20 heavy (non-hydrogen) atoms. The highest BCUT2D eigenvalue weighted by Crippen LogP contribution is 2.33. The fourth-order valence-electron chi connectivity index (χ4n) is 3.28. The maximum atomic E-state index is 10.9. The molecule has 1 saturated carbocycles. The standard InChI is InChI=1S/C17H21NO2/c1-12(17(19)20)10-13-6-7-16-14(11-13)8-9-18(16)15-4-2-3-5-15/h6-9,11-12,15H,2-5,10H2,1H3,(H,19,20). The lowest BCUT2D eigenvalue weighted by Crippen LogP contribution is -2.12. The lowest BCUT2D eigenvalue weighted by Gasteiger charge is -2.13. The van der Waals surface area contributed by atoms with E-state index in [2.05, 4.69) is 35.0 Å². The Bertz CT molecular complexity index is 623. The first-order chi connectivity index (χ1) is 9.65. The molecule has 0 radical (unpaired) electrons. The summed E-state index contributed by atoms with van der Waals surface area (Å²) in [6.07, 6.45) is 8.01. The van der Waals surface area contributed by atoms with E-state index in [0.717, 1.165) is 5.56 Å². The average Bonchev–Trinajstić information content (AvgIpc) is 3.06. The van der Waals surface area contributed by atoms with Crippen molar-refractivity contribution in [3.05, 3.63) is 36.0 Å². The molecule has 3 heteroatoms. The highest BCUT2D eigenvalue weighted by Gasteiger charge is 2.18. The molecule has 1 aromatic heterocycles. The average molecular weight is 271 g/mol. The predicted octanol–water partition coefficient (Wildman–Crippen LogP) is 4.02. The first-order valence-corrected chi connectivity index (χ1v) is 7.47. The van der Waals surface area contributed by atoms with Gasteiger partial charge in [0.05, 0.1) is 5.92 Å². The SMILES string of the molecule is CC(Cc1ccc2c(ccn2C2CCCC2)c1)C(=O)O. The molecule has 1 heterocycles. The minimum absolute atomic E-state index is 0.329. The molecule has 0 saturated heterocycles. The monoisotopic (exact) mass is 271 g/mol. The highest BCUT2D eigenvalue weighted by atomic mass is 16.4. The fourth-order valence-corrected chi connectivity index (χ4v) is 3.28. The Morgan fingerprint density at radius 2 is 2.10 bits per heavy atom. The largest absolute Gasteiger partial charge is 0.481 e. The van der Waals surface area contributed by atoms with Crippen molar-refractivity contribution in [2.75, 3.05) is 0 Å². The molecule has 106 valence electrons. The minimum atomic E-state index is -0.728. The third-order valence-corrected chi connectivity index (χ3v) is 4.47. The summed E-state index contributed by atoms with van der Waals surface area (Å²) in [6, 6.07) is 9.17. The van der Waals surface area contributed by atoms with Crippen LogP contribution in [0.3, 0.4) is 0 Å². The molecule has 0 amide bonds. The van der Waals surface area contributed by atoms with Gasteiger partial charge in [0.25, 0.3) is 0 Å². The summed E-state index contributed by atoms with van der Waals surface area (Å²) < 4.78 is 2.40. The maximum Gasteiger partial charge on any atom is 0.306 e. The number of carbonyl (C=O) groups is 1. The number of fused-ring (bicyclic) bond motifs is 1. The van der Waals surface area contributed by atoms with Crippen LogP contribution in [0.1, 0.15) is 44.2 Å². The van der Waals surface area contributed by atoms with Gasteiger partial charge in [0.15, 0.2) is 0 Å². The molecule has 1 N–H and O–H groups in total. The summed E-state index contributed by atoms with van der Waals surface area (Å²) in [6.45, 7) is 1.76. The van der Waals surface area contributed by atoms with Gasteiger partial charge in [-0.3, -0.25) is 4.79 Å². The van der Waals surface area contributed by atoms with Gasteiger partial charge in [0.2, 0.25) is 0 Å². The van der Waals surface area contributed by atoms with Crippen LogP contribution in [0.2, 0.25) is 0 Å². The van der Waals surface area contributed by atoms with Crippen molar-refractivity contribution in [1.82, 2.24) is 4.57 Å². The van der Waals surface area contributed by atoms with Crippen molar-refractivity contribution in [3.63, 3.8) is 0 Å². The van der Waals surface area contributed by atoms with E-state index in [4.69, 9.17) is 5.11 Å². The number of carboxylic acids is 1. The number of hydrogen-bond donors (Lipinski definition) is 1. The molecule has 0 spiro atoms. The van der Waals surface area contributed by atoms with E-state index in [1.165, 1.54) is 36.6 Å². The van der Waals surface area contributed by atoms with Crippen molar-refractivity contribution in [3.8, 4) is 0 Å². The van der Waals surface area contributed by atoms with Crippen LogP contribution in [0.25, 0.3) is 10.9 Å². The van der Waals surface area contributed by atoms with E-state index in [0.29, 0.717) is 12.5 Å². The number of aliphatic carboxylic acids is 1. The van der Waals surface area contributed by atoms with Gasteiger partial charge < -0.3 is 9.67 Å². The van der Waals surface area contributed by atoms with Crippen LogP contribution in [-0.4, -0.2) is 15.6 Å². The van der Waals surface area contributed by atoms with Gasteiger partial charge in [-0.1, -0.05) is 25.8 Å². The van der Waals surface area contributed by atoms with Crippen molar-refractivity contribution >= 4 is 16.9 Å². The molecule has 2 aromatic rings. The number of rotatable bonds is 4. The molecule has 1 fully saturated rings. The zero-order valence-corrected chi connectivity index (χ0v) is 11.9. The van der Waals surface area contributed by atoms with Crippen LogP contribution in [0.4, 0.5) is 0 Å². The van der Waals surface area contributed by atoms with Gasteiger partial charge in [-0.25, -0.2) is 0 Å². The molecule has 1 unspecified atom stereocenters. The van der Waals surface area contributed by atoms with E-state index in [9.17, 15) is 4.79 Å². The normalized spacial score (nSPS) is 17.6. The van der Waals surface area contributed by atoms with Crippen LogP contribution in [0.15, 0.2) is 30.5 Å². The number of aromatic nitrogens is 1. The van der Waals surface area contributed by atoms with Crippen LogP contribution in [0.5, 0.6) is 0 Å². The summed E-state index contributed by atoms with van der Waals surface area (Å²) >= 11 is 0. The second-order valence-electron chi connectivity index (χ2n) is 6.00.